The number of esters is 2. The molecule has 0 aromatic rings. The second kappa shape index (κ2) is 41.2. The van der Waals surface area contributed by atoms with Gasteiger partial charge < -0.3 is 34.4 Å². The van der Waals surface area contributed by atoms with E-state index < -0.39 is 72.3 Å². The fourth-order valence-electron chi connectivity index (χ4n) is 5.66. The summed E-state index contributed by atoms with van der Waals surface area (Å²) in [5.74, 6) is -1.14. The SMILES string of the molecule is CCCCC/C=C\C/C=C\CCCCCCCCCC(=O)OC[C@H](COP(=O)(O)OC[C@@H](O)COP(=O)(O)O)OC(=O)CCC/C=C\C/C=C\C/C=C\C=C\[C@@H](O)CCCCC. The summed E-state index contributed by atoms with van der Waals surface area (Å²) in [6.45, 7) is 1.52. The van der Waals surface area contributed by atoms with Crippen LogP contribution in [-0.2, 0) is 41.8 Å². The van der Waals surface area contributed by atoms with E-state index in [1.807, 2.05) is 42.5 Å². The van der Waals surface area contributed by atoms with E-state index in [-0.39, 0.29) is 12.8 Å². The Morgan fingerprint density at radius 2 is 1.03 bits per heavy atom. The lowest BCUT2D eigenvalue weighted by Gasteiger charge is -2.20. The minimum absolute atomic E-state index is 0.0306. The molecule has 0 saturated carbocycles. The van der Waals surface area contributed by atoms with E-state index in [0.29, 0.717) is 19.3 Å². The Morgan fingerprint density at radius 1 is 0.532 bits per heavy atom. The first kappa shape index (κ1) is 59.5. The van der Waals surface area contributed by atoms with E-state index in [9.17, 15) is 33.8 Å². The molecule has 0 radical (unpaired) electrons. The second-order valence-corrected chi connectivity index (χ2v) is 17.9. The van der Waals surface area contributed by atoms with Gasteiger partial charge in [-0.2, -0.15) is 0 Å². The Kier molecular flexibility index (Phi) is 39.6. The molecule has 0 aliphatic carbocycles. The quantitative estimate of drug-likeness (QED) is 0.0127. The van der Waals surface area contributed by atoms with Crippen molar-refractivity contribution in [1.82, 2.24) is 0 Å². The van der Waals surface area contributed by atoms with Gasteiger partial charge in [0.2, 0.25) is 0 Å². The van der Waals surface area contributed by atoms with E-state index in [2.05, 4.69) is 47.2 Å². The van der Waals surface area contributed by atoms with Crippen LogP contribution in [0.3, 0.4) is 0 Å². The molecule has 62 heavy (non-hydrogen) atoms. The van der Waals surface area contributed by atoms with Crippen LogP contribution in [0.4, 0.5) is 0 Å². The van der Waals surface area contributed by atoms with Crippen molar-refractivity contribution in [2.24, 2.45) is 0 Å². The van der Waals surface area contributed by atoms with Gasteiger partial charge >= 0.3 is 27.6 Å². The maximum atomic E-state index is 12.7. The largest absolute Gasteiger partial charge is 0.472 e. The predicted octanol–water partition coefficient (Wildman–Crippen LogP) is 10.8. The van der Waals surface area contributed by atoms with Crippen LogP contribution in [0.15, 0.2) is 72.9 Å². The van der Waals surface area contributed by atoms with Gasteiger partial charge in [-0.15, -0.1) is 0 Å². The van der Waals surface area contributed by atoms with Gasteiger partial charge in [-0.25, -0.2) is 9.13 Å². The molecule has 0 saturated heterocycles. The van der Waals surface area contributed by atoms with Crippen molar-refractivity contribution < 1.29 is 66.7 Å². The number of unbranched alkanes of at least 4 members (excludes halogenated alkanes) is 13. The number of carbonyl (C=O) groups is 2. The number of ether oxygens (including phenoxy) is 2. The third kappa shape index (κ3) is 44.1. The highest BCUT2D eigenvalue weighted by Crippen LogP contribution is 2.43. The second-order valence-electron chi connectivity index (χ2n) is 15.2. The molecule has 1 unspecified atom stereocenters. The molecule has 0 aromatic carbocycles. The molecule has 358 valence electrons. The molecule has 0 amide bonds. The summed E-state index contributed by atoms with van der Waals surface area (Å²) >= 11 is 0. The highest BCUT2D eigenvalue weighted by molar-refractivity contribution is 7.47. The van der Waals surface area contributed by atoms with E-state index in [1.54, 1.807) is 6.08 Å². The lowest BCUT2D eigenvalue weighted by molar-refractivity contribution is -0.161. The van der Waals surface area contributed by atoms with Crippen LogP contribution in [0.25, 0.3) is 0 Å². The van der Waals surface area contributed by atoms with Crippen LogP contribution in [0.5, 0.6) is 0 Å². The summed E-state index contributed by atoms with van der Waals surface area (Å²) in [7, 11) is -9.72. The maximum Gasteiger partial charge on any atom is 0.472 e. The maximum absolute atomic E-state index is 12.7. The molecule has 0 fully saturated rings. The number of carbonyl (C=O) groups excluding carboxylic acids is 2. The van der Waals surface area contributed by atoms with Crippen molar-refractivity contribution in [3.05, 3.63) is 72.9 Å². The number of aliphatic hydroxyl groups excluding tert-OH is 2. The highest BCUT2D eigenvalue weighted by Gasteiger charge is 2.28. The van der Waals surface area contributed by atoms with Crippen molar-refractivity contribution in [3.8, 4) is 0 Å². The number of phosphoric acid groups is 2. The van der Waals surface area contributed by atoms with Gasteiger partial charge in [0.05, 0.1) is 25.9 Å². The van der Waals surface area contributed by atoms with E-state index >= 15 is 0 Å². The zero-order valence-corrected chi connectivity index (χ0v) is 39.3. The number of phosphoric ester groups is 2. The first-order valence-electron chi connectivity index (χ1n) is 22.7. The molecular formula is C46H80O14P2. The lowest BCUT2D eigenvalue weighted by atomic mass is 10.1. The van der Waals surface area contributed by atoms with Crippen molar-refractivity contribution in [1.29, 1.82) is 0 Å². The molecule has 5 N–H and O–H groups in total. The normalized spacial score (nSPS) is 15.1. The van der Waals surface area contributed by atoms with Crippen LogP contribution in [-0.4, -0.2) is 81.6 Å². The topological polar surface area (TPSA) is 216 Å². The van der Waals surface area contributed by atoms with Crippen molar-refractivity contribution in [2.45, 2.75) is 180 Å². The highest BCUT2D eigenvalue weighted by atomic mass is 31.2. The third-order valence-corrected chi connectivity index (χ3v) is 10.6. The zero-order valence-electron chi connectivity index (χ0n) is 37.6. The Balaban J connectivity index is 4.65. The summed E-state index contributed by atoms with van der Waals surface area (Å²) in [6, 6.07) is 0. The van der Waals surface area contributed by atoms with Gasteiger partial charge in [0.25, 0.3) is 0 Å². The van der Waals surface area contributed by atoms with Gasteiger partial charge in [-0.05, 0) is 70.6 Å². The molecular weight excluding hydrogens is 838 g/mol. The van der Waals surface area contributed by atoms with Crippen molar-refractivity contribution >= 4 is 27.6 Å². The van der Waals surface area contributed by atoms with Gasteiger partial charge in [0, 0.05) is 12.8 Å². The third-order valence-electron chi connectivity index (χ3n) is 9.16. The Hall–Kier alpha value is -2.48. The summed E-state index contributed by atoms with van der Waals surface area (Å²) in [6.07, 6.45) is 42.2. The first-order valence-corrected chi connectivity index (χ1v) is 25.8. The molecule has 4 atom stereocenters. The Morgan fingerprint density at radius 3 is 1.66 bits per heavy atom. The molecule has 16 heteroatoms. The van der Waals surface area contributed by atoms with Crippen molar-refractivity contribution in [3.63, 3.8) is 0 Å². The van der Waals surface area contributed by atoms with E-state index in [1.165, 1.54) is 19.3 Å². The summed E-state index contributed by atoms with van der Waals surface area (Å²) < 4.78 is 47.7. The van der Waals surface area contributed by atoms with Crippen molar-refractivity contribution in [2.75, 3.05) is 26.4 Å². The average Bonchev–Trinajstić information content (AvgIpc) is 3.23. The molecule has 0 spiro atoms. The summed E-state index contributed by atoms with van der Waals surface area (Å²) in [5.41, 5.74) is 0. The van der Waals surface area contributed by atoms with Crippen LogP contribution in [0.2, 0.25) is 0 Å². The lowest BCUT2D eigenvalue weighted by Crippen LogP contribution is -2.29. The van der Waals surface area contributed by atoms with Gasteiger partial charge in [0.15, 0.2) is 6.10 Å². The molecule has 0 aliphatic heterocycles. The molecule has 0 heterocycles. The minimum atomic E-state index is -4.88. The number of rotatable bonds is 42. The predicted molar refractivity (Wildman–Crippen MR) is 245 cm³/mol. The first-order chi connectivity index (χ1) is 29.8. The van der Waals surface area contributed by atoms with Gasteiger partial charge in [0.1, 0.15) is 12.7 Å². The Labute approximate surface area is 372 Å². The van der Waals surface area contributed by atoms with E-state index in [4.69, 9.17) is 23.8 Å². The van der Waals surface area contributed by atoms with E-state index in [0.717, 1.165) is 96.3 Å². The monoisotopic (exact) mass is 919 g/mol. The molecule has 14 nitrogen and oxygen atoms in total. The fraction of sp³-hybridized carbons (Fsp3) is 0.696. The number of hydrogen-bond donors (Lipinski definition) is 5. The molecule has 0 bridgehead atoms. The standard InChI is InChI=1S/C46H80O14P2/c1-3-5-7-8-9-10-11-12-13-14-15-16-19-22-25-28-32-36-45(49)56-40-44(41-59-62(54,55)58-39-43(48)38-57-61(51,52)53)60-46(50)37-33-29-26-23-20-17-18-21-24-27-31-35-42(47)34-30-6-4-2/h9-10,12-13,17-18,23-24,26-27,31,35,42-44,47-48H,3-8,11,14-16,19-22,25,28-30,32-34,36-41H2,1-2H3,(H,54,55)(H2,51,52,53)/b10-9-,13-12-,18-17-,26-23-,27-24-,35-31+/t42-,43-,44+/m0/s1. The summed E-state index contributed by atoms with van der Waals surface area (Å²) in [4.78, 5) is 52.7. The van der Waals surface area contributed by atoms with Gasteiger partial charge in [-0.1, -0.05) is 151 Å². The van der Waals surface area contributed by atoms with Crippen LogP contribution in [0, 0.1) is 0 Å². The minimum Gasteiger partial charge on any atom is -0.462 e. The molecule has 0 rings (SSSR count). The number of allylic oxidation sites excluding steroid dienone is 11. The zero-order chi connectivity index (χ0) is 46.0. The smallest absolute Gasteiger partial charge is 0.462 e. The summed E-state index contributed by atoms with van der Waals surface area (Å²) in [5, 5.41) is 19.7. The van der Waals surface area contributed by atoms with Crippen LogP contribution >= 0.6 is 15.6 Å². The van der Waals surface area contributed by atoms with Crippen LogP contribution in [0.1, 0.15) is 162 Å². The fourth-order valence-corrected chi connectivity index (χ4v) is 6.81. The molecule has 0 aromatic heterocycles. The number of hydrogen-bond acceptors (Lipinski definition) is 11. The Bertz CT molecular complexity index is 1390. The van der Waals surface area contributed by atoms with Gasteiger partial charge in [-0.3, -0.25) is 23.2 Å². The molecule has 0 aliphatic rings. The number of aliphatic hydroxyl groups is 2. The average molecular weight is 919 g/mol. The van der Waals surface area contributed by atoms with Crippen LogP contribution < -0.4 is 0 Å².